The Morgan fingerprint density at radius 1 is 1.33 bits per heavy atom. The molecule has 0 unspecified atom stereocenters. The fourth-order valence-corrected chi connectivity index (χ4v) is 2.06. The van der Waals surface area contributed by atoms with Crippen LogP contribution in [0.5, 0.6) is 0 Å². The number of aromatic nitrogens is 4. The van der Waals surface area contributed by atoms with Gasteiger partial charge in [0.15, 0.2) is 5.82 Å². The highest BCUT2D eigenvalue weighted by molar-refractivity contribution is 5.83. The lowest BCUT2D eigenvalue weighted by molar-refractivity contribution is -0.105. The van der Waals surface area contributed by atoms with Crippen LogP contribution in [0.4, 0.5) is 10.2 Å². The number of nitrogens with zero attached hydrogens (tertiary/aromatic N) is 4. The number of carbonyl (C=O) groups excluding carboxylic acids is 1. The van der Waals surface area contributed by atoms with E-state index in [4.69, 9.17) is 0 Å². The molecule has 0 aliphatic rings. The molecule has 0 saturated heterocycles. The molecule has 0 fully saturated rings. The van der Waals surface area contributed by atoms with Crippen molar-refractivity contribution in [2.45, 2.75) is 6.42 Å². The molecule has 3 aromatic rings. The lowest BCUT2D eigenvalue weighted by Gasteiger charge is -2.05. The van der Waals surface area contributed by atoms with E-state index in [1.807, 2.05) is 6.07 Å². The van der Waals surface area contributed by atoms with Gasteiger partial charge in [-0.2, -0.15) is 5.10 Å². The Hall–Kier alpha value is -2.83. The molecule has 7 heteroatoms. The predicted octanol–water partition coefficient (Wildman–Crippen LogP) is 1.90. The highest BCUT2D eigenvalue weighted by Crippen LogP contribution is 2.19. The van der Waals surface area contributed by atoms with Gasteiger partial charge in [-0.15, -0.1) is 0 Å². The van der Waals surface area contributed by atoms with Crippen LogP contribution in [0.15, 0.2) is 36.7 Å². The van der Waals surface area contributed by atoms with E-state index in [2.05, 4.69) is 20.4 Å². The number of alkyl halides is 1. The first kappa shape index (κ1) is 13.2. The number of halogens is 1. The van der Waals surface area contributed by atoms with E-state index in [0.29, 0.717) is 23.7 Å². The number of pyridine rings is 2. The number of nitrogens with one attached hydrogen (secondary N) is 1. The van der Waals surface area contributed by atoms with Crippen LogP contribution in [-0.2, 0) is 11.2 Å². The molecule has 3 rings (SSSR count). The fraction of sp³-hybridized carbons (Fsp3) is 0.143. The Kier molecular flexibility index (Phi) is 3.55. The van der Waals surface area contributed by atoms with Gasteiger partial charge in [-0.05, 0) is 12.1 Å². The topological polar surface area (TPSA) is 72.7 Å². The van der Waals surface area contributed by atoms with Gasteiger partial charge < -0.3 is 5.32 Å². The molecule has 0 aromatic carbocycles. The van der Waals surface area contributed by atoms with Crippen LogP contribution in [0.3, 0.4) is 0 Å². The highest BCUT2D eigenvalue weighted by atomic mass is 19.1. The van der Waals surface area contributed by atoms with Gasteiger partial charge in [-0.3, -0.25) is 9.18 Å². The van der Waals surface area contributed by atoms with Gasteiger partial charge in [0.2, 0.25) is 6.41 Å². The minimum absolute atomic E-state index is 0.270. The van der Waals surface area contributed by atoms with Crippen molar-refractivity contribution in [2.24, 2.45) is 0 Å². The van der Waals surface area contributed by atoms with E-state index < -0.39 is 6.67 Å². The fourth-order valence-electron chi connectivity index (χ4n) is 2.06. The zero-order valence-electron chi connectivity index (χ0n) is 11.0. The maximum absolute atomic E-state index is 12.4. The molecule has 6 nitrogen and oxygen atoms in total. The average molecular weight is 285 g/mol. The minimum atomic E-state index is -0.451. The summed E-state index contributed by atoms with van der Waals surface area (Å²) in [5, 5.41) is 7.59. The molecule has 0 aliphatic heterocycles. The number of anilines is 1. The molecule has 106 valence electrons. The summed E-state index contributed by atoms with van der Waals surface area (Å²) in [7, 11) is 0. The first-order valence-electron chi connectivity index (χ1n) is 6.38. The van der Waals surface area contributed by atoms with Gasteiger partial charge in [-0.1, -0.05) is 6.07 Å². The summed E-state index contributed by atoms with van der Waals surface area (Å²) in [5.41, 5.74) is 1.43. The lowest BCUT2D eigenvalue weighted by atomic mass is 10.3. The van der Waals surface area contributed by atoms with E-state index >= 15 is 0 Å². The molecule has 21 heavy (non-hydrogen) atoms. The van der Waals surface area contributed by atoms with Crippen molar-refractivity contribution in [3.05, 3.63) is 42.4 Å². The van der Waals surface area contributed by atoms with Crippen molar-refractivity contribution in [1.29, 1.82) is 0 Å². The van der Waals surface area contributed by atoms with E-state index in [9.17, 15) is 9.18 Å². The summed E-state index contributed by atoms with van der Waals surface area (Å²) >= 11 is 0. The van der Waals surface area contributed by atoms with Crippen LogP contribution < -0.4 is 5.32 Å². The van der Waals surface area contributed by atoms with E-state index in [0.717, 1.165) is 10.9 Å². The molecule has 0 radical (unpaired) electrons. The smallest absolute Gasteiger partial charge is 0.212 e. The molecule has 0 spiro atoms. The third-order valence-electron chi connectivity index (χ3n) is 3.02. The number of amides is 1. The van der Waals surface area contributed by atoms with Crippen molar-refractivity contribution < 1.29 is 9.18 Å². The van der Waals surface area contributed by atoms with Crippen LogP contribution >= 0.6 is 0 Å². The molecule has 3 heterocycles. The van der Waals surface area contributed by atoms with Gasteiger partial charge >= 0.3 is 0 Å². The third-order valence-corrected chi connectivity index (χ3v) is 3.02. The number of fused-ring (bicyclic) bond motifs is 1. The molecule has 1 amide bonds. The molecular weight excluding hydrogens is 273 g/mol. The van der Waals surface area contributed by atoms with E-state index in [1.54, 1.807) is 35.3 Å². The number of rotatable bonds is 5. The van der Waals surface area contributed by atoms with Crippen molar-refractivity contribution in [3.8, 4) is 5.82 Å². The van der Waals surface area contributed by atoms with Crippen LogP contribution in [0.25, 0.3) is 16.7 Å². The molecule has 0 saturated carbocycles. The monoisotopic (exact) mass is 285 g/mol. The quantitative estimate of drug-likeness (QED) is 0.727. The third kappa shape index (κ3) is 2.58. The Bertz CT molecular complexity index is 786. The number of carbonyl (C=O) groups is 1. The van der Waals surface area contributed by atoms with Crippen molar-refractivity contribution in [1.82, 2.24) is 19.7 Å². The predicted molar refractivity (Wildman–Crippen MR) is 76.0 cm³/mol. The summed E-state index contributed by atoms with van der Waals surface area (Å²) in [6.07, 6.45) is 4.12. The van der Waals surface area contributed by atoms with Gasteiger partial charge in [0, 0.05) is 29.8 Å². The van der Waals surface area contributed by atoms with Crippen molar-refractivity contribution in [3.63, 3.8) is 0 Å². The Morgan fingerprint density at radius 3 is 3.05 bits per heavy atom. The zero-order chi connectivity index (χ0) is 14.7. The van der Waals surface area contributed by atoms with Crippen molar-refractivity contribution >= 4 is 23.1 Å². The van der Waals surface area contributed by atoms with Gasteiger partial charge in [0.1, 0.15) is 5.82 Å². The highest BCUT2D eigenvalue weighted by Gasteiger charge is 2.08. The van der Waals surface area contributed by atoms with Crippen LogP contribution in [0.1, 0.15) is 5.69 Å². The molecule has 3 aromatic heterocycles. The minimum Gasteiger partial charge on any atom is -0.313 e. The molecule has 1 N–H and O–H groups in total. The summed E-state index contributed by atoms with van der Waals surface area (Å²) in [4.78, 5) is 19.0. The largest absolute Gasteiger partial charge is 0.313 e. The van der Waals surface area contributed by atoms with Crippen molar-refractivity contribution in [2.75, 3.05) is 12.0 Å². The second-order valence-corrected chi connectivity index (χ2v) is 4.37. The normalized spacial score (nSPS) is 10.7. The van der Waals surface area contributed by atoms with E-state index in [1.165, 1.54) is 0 Å². The number of hydrogen-bond acceptors (Lipinski definition) is 4. The summed E-state index contributed by atoms with van der Waals surface area (Å²) in [5.74, 6) is 1.03. The molecule has 0 aliphatic carbocycles. The number of hydrogen-bond donors (Lipinski definition) is 1. The average Bonchev–Trinajstić information content (AvgIpc) is 2.91. The molecule has 0 bridgehead atoms. The van der Waals surface area contributed by atoms with Crippen LogP contribution in [-0.4, -0.2) is 32.8 Å². The maximum atomic E-state index is 12.4. The first-order valence-corrected chi connectivity index (χ1v) is 6.38. The van der Waals surface area contributed by atoms with Crippen LogP contribution in [0.2, 0.25) is 0 Å². The Labute approximate surface area is 119 Å². The standard InChI is InChI=1S/C14H12FN5O/c15-5-4-11-2-1-3-14(19-11)20-12-6-13(17-9-21)16-7-10(12)8-18-20/h1-3,6-9H,4-5H2,(H,16,17,21). The second kappa shape index (κ2) is 5.66. The zero-order valence-corrected chi connectivity index (χ0v) is 11.0. The summed E-state index contributed by atoms with van der Waals surface area (Å²) < 4.78 is 14.1. The lowest BCUT2D eigenvalue weighted by Crippen LogP contribution is -2.03. The summed E-state index contributed by atoms with van der Waals surface area (Å²) in [6, 6.07) is 7.09. The first-order chi connectivity index (χ1) is 10.3. The Morgan fingerprint density at radius 2 is 2.24 bits per heavy atom. The van der Waals surface area contributed by atoms with E-state index in [-0.39, 0.29) is 6.42 Å². The second-order valence-electron chi connectivity index (χ2n) is 4.37. The number of aryl methyl sites for hydroxylation is 1. The molecular formula is C14H12FN5O. The SMILES string of the molecule is O=CNc1cc2c(cn1)cnn2-c1cccc(CCF)n1. The van der Waals surface area contributed by atoms with Gasteiger partial charge in [0.25, 0.3) is 0 Å². The van der Waals surface area contributed by atoms with Gasteiger partial charge in [-0.25, -0.2) is 14.6 Å². The Balaban J connectivity index is 2.08. The van der Waals surface area contributed by atoms with Gasteiger partial charge in [0.05, 0.1) is 18.4 Å². The maximum Gasteiger partial charge on any atom is 0.212 e. The molecule has 0 atom stereocenters. The summed E-state index contributed by atoms with van der Waals surface area (Å²) in [6.45, 7) is -0.451. The van der Waals surface area contributed by atoms with Crippen LogP contribution in [0, 0.1) is 0 Å².